The molecule has 1 saturated carbocycles. The minimum Gasteiger partial charge on any atom is -0.466 e. The maximum atomic E-state index is 12.9. The molecular formula is C35H38N4O5. The summed E-state index contributed by atoms with van der Waals surface area (Å²) in [4.78, 5) is 30.4. The van der Waals surface area contributed by atoms with E-state index in [1.807, 2.05) is 42.5 Å². The molecule has 228 valence electrons. The van der Waals surface area contributed by atoms with Gasteiger partial charge in [-0.1, -0.05) is 19.3 Å². The number of ether oxygens (including phenoxy) is 2. The Bertz CT molecular complexity index is 1630. The Hall–Kier alpha value is -4.84. The van der Waals surface area contributed by atoms with Gasteiger partial charge >= 0.3 is 5.97 Å². The van der Waals surface area contributed by atoms with Crippen molar-refractivity contribution in [1.29, 1.82) is 5.26 Å². The van der Waals surface area contributed by atoms with E-state index >= 15 is 0 Å². The average molecular weight is 595 g/mol. The van der Waals surface area contributed by atoms with E-state index in [2.05, 4.69) is 23.3 Å². The number of nitrogens with one attached hydrogen (secondary N) is 1. The van der Waals surface area contributed by atoms with E-state index in [-0.39, 0.29) is 24.3 Å². The molecule has 1 aliphatic carbocycles. The fourth-order valence-electron chi connectivity index (χ4n) is 5.77. The molecule has 1 aliphatic rings. The standard InChI is InChI=1S/C35H38N4O5/c1-4-42-32(40)18-19-39(3)35(41)26-11-13-27(14-12-26)38-33(25-8-6-5-7-9-25)34-23(2)29-20-28(15-16-30(29)44-34)43-31-17-10-24(21-36)22-37-31/h10-17,20,22,25,33,38H,4-9,18-19H2,1-3H3. The van der Waals surface area contributed by atoms with Crippen molar-refractivity contribution in [3.8, 4) is 17.7 Å². The Morgan fingerprint density at radius 3 is 2.57 bits per heavy atom. The van der Waals surface area contributed by atoms with Crippen molar-refractivity contribution in [2.75, 3.05) is 25.5 Å². The molecule has 2 aromatic heterocycles. The van der Waals surface area contributed by atoms with E-state index in [0.29, 0.717) is 41.8 Å². The molecule has 2 aromatic carbocycles. The summed E-state index contributed by atoms with van der Waals surface area (Å²) in [5.41, 5.74) is 3.77. The van der Waals surface area contributed by atoms with Crippen LogP contribution in [-0.2, 0) is 9.53 Å². The second-order valence-corrected chi connectivity index (χ2v) is 11.2. The third-order valence-electron chi connectivity index (χ3n) is 8.19. The summed E-state index contributed by atoms with van der Waals surface area (Å²) in [6, 6.07) is 18.6. The van der Waals surface area contributed by atoms with Crippen molar-refractivity contribution in [1.82, 2.24) is 9.88 Å². The van der Waals surface area contributed by atoms with Gasteiger partial charge in [-0.2, -0.15) is 5.26 Å². The van der Waals surface area contributed by atoms with Gasteiger partial charge in [0.25, 0.3) is 5.91 Å². The quantitative estimate of drug-likeness (QED) is 0.177. The number of carbonyl (C=O) groups is 2. The van der Waals surface area contributed by atoms with Crippen molar-refractivity contribution in [3.63, 3.8) is 0 Å². The Kier molecular flexibility index (Phi) is 9.80. The first kappa shape index (κ1) is 30.6. The molecule has 4 aromatic rings. The number of nitrogens with zero attached hydrogens (tertiary/aromatic N) is 3. The van der Waals surface area contributed by atoms with Crippen LogP contribution in [0.2, 0.25) is 0 Å². The van der Waals surface area contributed by atoms with Gasteiger partial charge in [0.05, 0.1) is 24.6 Å². The van der Waals surface area contributed by atoms with E-state index in [1.54, 1.807) is 26.1 Å². The number of furan rings is 1. The van der Waals surface area contributed by atoms with Gasteiger partial charge in [0.2, 0.25) is 5.88 Å². The fourth-order valence-corrected chi connectivity index (χ4v) is 5.77. The third-order valence-corrected chi connectivity index (χ3v) is 8.19. The molecule has 9 nitrogen and oxygen atoms in total. The van der Waals surface area contributed by atoms with Crippen molar-refractivity contribution < 1.29 is 23.5 Å². The molecule has 1 atom stereocenters. The monoisotopic (exact) mass is 594 g/mol. The summed E-state index contributed by atoms with van der Waals surface area (Å²) in [7, 11) is 1.69. The second-order valence-electron chi connectivity index (χ2n) is 11.2. The maximum Gasteiger partial charge on any atom is 0.307 e. The molecule has 1 N–H and O–H groups in total. The number of amides is 1. The van der Waals surface area contributed by atoms with Gasteiger partial charge < -0.3 is 24.1 Å². The number of hydrogen-bond donors (Lipinski definition) is 1. The molecule has 0 bridgehead atoms. The SMILES string of the molecule is CCOC(=O)CCN(C)C(=O)c1ccc(NC(c2oc3ccc(Oc4ccc(C#N)cn4)cc3c2C)C2CCCCC2)cc1. The highest BCUT2D eigenvalue weighted by molar-refractivity contribution is 5.94. The first-order valence-corrected chi connectivity index (χ1v) is 15.2. The van der Waals surface area contributed by atoms with Crippen molar-refractivity contribution in [2.24, 2.45) is 5.92 Å². The molecule has 2 heterocycles. The van der Waals surface area contributed by atoms with Crippen LogP contribution in [0.4, 0.5) is 5.69 Å². The van der Waals surface area contributed by atoms with E-state index in [1.165, 1.54) is 30.4 Å². The maximum absolute atomic E-state index is 12.9. The van der Waals surface area contributed by atoms with Gasteiger partial charge in [-0.15, -0.1) is 0 Å². The third kappa shape index (κ3) is 7.20. The molecule has 0 saturated heterocycles. The zero-order chi connectivity index (χ0) is 31.1. The van der Waals surface area contributed by atoms with Crippen LogP contribution in [0.1, 0.15) is 78.7 Å². The van der Waals surface area contributed by atoms with Gasteiger partial charge in [0.15, 0.2) is 0 Å². The Morgan fingerprint density at radius 2 is 1.89 bits per heavy atom. The number of anilines is 1. The van der Waals surface area contributed by atoms with E-state index in [0.717, 1.165) is 40.8 Å². The highest BCUT2D eigenvalue weighted by Crippen LogP contribution is 2.41. The topological polar surface area (TPSA) is 118 Å². The summed E-state index contributed by atoms with van der Waals surface area (Å²) >= 11 is 0. The second kappa shape index (κ2) is 14.1. The molecular weight excluding hydrogens is 556 g/mol. The number of esters is 1. The number of fused-ring (bicyclic) bond motifs is 1. The van der Waals surface area contributed by atoms with E-state index < -0.39 is 0 Å². The van der Waals surface area contributed by atoms with Gasteiger partial charge in [-0.05, 0) is 81.1 Å². The minimum absolute atomic E-state index is 0.0407. The number of carbonyl (C=O) groups excluding carboxylic acids is 2. The van der Waals surface area contributed by atoms with Crippen LogP contribution < -0.4 is 10.1 Å². The molecule has 0 radical (unpaired) electrons. The average Bonchev–Trinajstić information content (AvgIpc) is 3.38. The zero-order valence-corrected chi connectivity index (χ0v) is 25.5. The summed E-state index contributed by atoms with van der Waals surface area (Å²) in [6.07, 6.45) is 7.47. The van der Waals surface area contributed by atoms with Crippen LogP contribution >= 0.6 is 0 Å². The molecule has 5 rings (SSSR count). The number of pyridine rings is 1. The molecule has 1 unspecified atom stereocenters. The van der Waals surface area contributed by atoms with Crippen LogP contribution in [-0.4, -0.2) is 42.0 Å². The molecule has 44 heavy (non-hydrogen) atoms. The molecule has 0 spiro atoms. The van der Waals surface area contributed by atoms with Gasteiger partial charge in [-0.3, -0.25) is 9.59 Å². The Balaban J connectivity index is 1.35. The number of hydrogen-bond acceptors (Lipinski definition) is 8. The zero-order valence-electron chi connectivity index (χ0n) is 25.5. The predicted molar refractivity (Wildman–Crippen MR) is 168 cm³/mol. The number of aromatic nitrogens is 1. The van der Waals surface area contributed by atoms with E-state index in [4.69, 9.17) is 19.2 Å². The first-order valence-electron chi connectivity index (χ1n) is 15.2. The summed E-state index contributed by atoms with van der Waals surface area (Å²) in [6.45, 7) is 4.47. The van der Waals surface area contributed by atoms with Crippen LogP contribution in [0.5, 0.6) is 11.6 Å². The van der Waals surface area contributed by atoms with Crippen LogP contribution in [0.15, 0.2) is 65.2 Å². The van der Waals surface area contributed by atoms with Gasteiger partial charge in [-0.25, -0.2) is 4.98 Å². The van der Waals surface area contributed by atoms with Crippen molar-refractivity contribution in [2.45, 2.75) is 58.4 Å². The van der Waals surface area contributed by atoms with Gasteiger partial charge in [0, 0.05) is 48.1 Å². The van der Waals surface area contributed by atoms with Crippen LogP contribution in [0, 0.1) is 24.2 Å². The van der Waals surface area contributed by atoms with Crippen molar-refractivity contribution >= 4 is 28.5 Å². The first-order chi connectivity index (χ1) is 21.4. The smallest absolute Gasteiger partial charge is 0.307 e. The van der Waals surface area contributed by atoms with Crippen LogP contribution in [0.3, 0.4) is 0 Å². The van der Waals surface area contributed by atoms with E-state index in [9.17, 15) is 9.59 Å². The number of nitriles is 1. The lowest BCUT2D eigenvalue weighted by atomic mass is 9.82. The number of rotatable bonds is 11. The van der Waals surface area contributed by atoms with Crippen molar-refractivity contribution in [3.05, 3.63) is 83.2 Å². The highest BCUT2D eigenvalue weighted by Gasteiger charge is 2.30. The number of benzene rings is 2. The molecule has 9 heteroatoms. The largest absolute Gasteiger partial charge is 0.466 e. The highest BCUT2D eigenvalue weighted by atomic mass is 16.5. The fraction of sp³-hybridized carbons (Fsp3) is 0.371. The minimum atomic E-state index is -0.312. The Labute approximate surface area is 257 Å². The van der Waals surface area contributed by atoms with Gasteiger partial charge in [0.1, 0.15) is 23.2 Å². The number of aryl methyl sites for hydroxylation is 1. The lowest BCUT2D eigenvalue weighted by Gasteiger charge is -2.31. The molecule has 1 fully saturated rings. The van der Waals surface area contributed by atoms with Crippen LogP contribution in [0.25, 0.3) is 11.0 Å². The summed E-state index contributed by atoms with van der Waals surface area (Å²) in [5, 5.41) is 13.7. The Morgan fingerprint density at radius 1 is 1.11 bits per heavy atom. The summed E-state index contributed by atoms with van der Waals surface area (Å²) < 4.78 is 17.5. The lowest BCUT2D eigenvalue weighted by molar-refractivity contribution is -0.143. The lowest BCUT2D eigenvalue weighted by Crippen LogP contribution is -2.29. The summed E-state index contributed by atoms with van der Waals surface area (Å²) in [5.74, 6) is 1.90. The molecule has 1 amide bonds. The normalized spacial score (nSPS) is 14.0. The predicted octanol–water partition coefficient (Wildman–Crippen LogP) is 7.56. The molecule has 0 aliphatic heterocycles.